The monoisotopic (exact) mass is 448 g/mol. The molecule has 3 heterocycles. The van der Waals surface area contributed by atoms with Crippen LogP contribution in [0, 0.1) is 0 Å². The first kappa shape index (κ1) is 20.3. The van der Waals surface area contributed by atoms with E-state index in [0.29, 0.717) is 51.9 Å². The van der Waals surface area contributed by atoms with Crippen LogP contribution in [0.1, 0.15) is 41.6 Å². The molecule has 0 N–H and O–H groups in total. The molecule has 0 bridgehead atoms. The lowest BCUT2D eigenvalue weighted by Crippen LogP contribution is -2.29. The third-order valence-corrected chi connectivity index (χ3v) is 6.06. The molecular weight excluding hydrogens is 428 g/mol. The summed E-state index contributed by atoms with van der Waals surface area (Å²) in [5.74, 6) is 0.807. The van der Waals surface area contributed by atoms with Gasteiger partial charge >= 0.3 is 0 Å². The Hall–Kier alpha value is -3.65. The maximum atomic E-state index is 13.5. The Bertz CT molecular complexity index is 1360. The van der Waals surface area contributed by atoms with E-state index in [9.17, 15) is 9.59 Å². The number of amides is 1. The molecule has 1 aliphatic rings. The fourth-order valence-electron chi connectivity index (χ4n) is 4.01. The molecule has 5 rings (SSSR count). The maximum Gasteiger partial charge on any atom is 0.297 e. The topological polar surface area (TPSA) is 81.9 Å². The van der Waals surface area contributed by atoms with E-state index in [-0.39, 0.29) is 11.2 Å². The Morgan fingerprint density at radius 2 is 1.84 bits per heavy atom. The molecule has 0 unspecified atom stereocenters. The molecule has 2 aromatic heterocycles. The predicted octanol–water partition coefficient (Wildman–Crippen LogP) is 4.80. The normalized spacial score (nSPS) is 15.2. The standard InChI is InChI=1S/C24H20N2O5S/c1-3-29-17-10-9-14(13-18(17)30-4-2)20-19-21(27)15-7-5-6-8-16(15)31-22(19)23(28)26(20)24-25-11-12-32-24/h5-13,20H,3-4H2,1-2H3/t20-/m0/s1. The highest BCUT2D eigenvalue weighted by Crippen LogP contribution is 2.43. The molecule has 2 aromatic carbocycles. The molecule has 162 valence electrons. The quantitative estimate of drug-likeness (QED) is 0.422. The second-order valence-corrected chi connectivity index (χ2v) is 8.01. The average molecular weight is 449 g/mol. The number of nitrogens with zero attached hydrogens (tertiary/aromatic N) is 2. The van der Waals surface area contributed by atoms with Crippen LogP contribution >= 0.6 is 11.3 Å². The van der Waals surface area contributed by atoms with Crippen molar-refractivity contribution in [2.24, 2.45) is 0 Å². The number of aromatic nitrogens is 1. The van der Waals surface area contributed by atoms with Gasteiger partial charge in [-0.15, -0.1) is 11.3 Å². The summed E-state index contributed by atoms with van der Waals surface area (Å²) in [5.41, 5.74) is 1.16. The number of fused-ring (bicyclic) bond motifs is 2. The molecule has 0 radical (unpaired) electrons. The van der Waals surface area contributed by atoms with Gasteiger partial charge in [0, 0.05) is 11.6 Å². The molecule has 7 nitrogen and oxygen atoms in total. The Morgan fingerprint density at radius 3 is 2.59 bits per heavy atom. The Kier molecular flexibility index (Phi) is 5.14. The van der Waals surface area contributed by atoms with Gasteiger partial charge in [0.15, 0.2) is 22.1 Å². The highest BCUT2D eigenvalue weighted by Gasteiger charge is 2.45. The highest BCUT2D eigenvalue weighted by molar-refractivity contribution is 7.13. The predicted molar refractivity (Wildman–Crippen MR) is 122 cm³/mol. The fourth-order valence-corrected chi connectivity index (χ4v) is 4.67. The smallest absolute Gasteiger partial charge is 0.297 e. The second kappa shape index (κ2) is 8.12. The van der Waals surface area contributed by atoms with Gasteiger partial charge in [0.05, 0.1) is 30.2 Å². The number of thiazole rings is 1. The minimum atomic E-state index is -0.695. The van der Waals surface area contributed by atoms with Crippen LogP contribution in [0.4, 0.5) is 5.13 Å². The van der Waals surface area contributed by atoms with Crippen molar-refractivity contribution in [1.29, 1.82) is 0 Å². The molecule has 0 aliphatic carbocycles. The van der Waals surface area contributed by atoms with Crippen molar-refractivity contribution in [3.63, 3.8) is 0 Å². The fraction of sp³-hybridized carbons (Fsp3) is 0.208. The molecule has 1 amide bonds. The van der Waals surface area contributed by atoms with E-state index in [1.165, 1.54) is 16.2 Å². The van der Waals surface area contributed by atoms with Gasteiger partial charge in [-0.3, -0.25) is 14.5 Å². The lowest BCUT2D eigenvalue weighted by molar-refractivity contribution is 0.0971. The van der Waals surface area contributed by atoms with Crippen LogP contribution in [0.2, 0.25) is 0 Å². The highest BCUT2D eigenvalue weighted by atomic mass is 32.1. The molecule has 0 saturated heterocycles. The third kappa shape index (κ3) is 3.15. The summed E-state index contributed by atoms with van der Waals surface area (Å²) >= 11 is 1.32. The minimum absolute atomic E-state index is 0.0424. The maximum absolute atomic E-state index is 13.5. The van der Waals surface area contributed by atoms with Gasteiger partial charge in [0.1, 0.15) is 5.58 Å². The van der Waals surface area contributed by atoms with E-state index in [4.69, 9.17) is 13.9 Å². The average Bonchev–Trinajstić information content (AvgIpc) is 3.42. The van der Waals surface area contributed by atoms with E-state index >= 15 is 0 Å². The van der Waals surface area contributed by atoms with E-state index in [1.54, 1.807) is 41.9 Å². The molecule has 1 aliphatic heterocycles. The molecule has 32 heavy (non-hydrogen) atoms. The summed E-state index contributed by atoms with van der Waals surface area (Å²) in [6.07, 6.45) is 1.63. The van der Waals surface area contributed by atoms with Crippen molar-refractivity contribution in [3.8, 4) is 11.5 Å². The van der Waals surface area contributed by atoms with Gasteiger partial charge in [0.2, 0.25) is 5.76 Å². The number of para-hydroxylation sites is 1. The molecule has 0 saturated carbocycles. The number of carbonyl (C=O) groups is 1. The summed E-state index contributed by atoms with van der Waals surface area (Å²) in [5, 5.41) is 2.71. The van der Waals surface area contributed by atoms with Crippen LogP contribution in [0.5, 0.6) is 11.5 Å². The number of carbonyl (C=O) groups excluding carboxylic acids is 1. The lowest BCUT2D eigenvalue weighted by Gasteiger charge is -2.23. The van der Waals surface area contributed by atoms with Crippen LogP contribution in [0.15, 0.2) is 63.3 Å². The van der Waals surface area contributed by atoms with Crippen LogP contribution in [-0.2, 0) is 0 Å². The van der Waals surface area contributed by atoms with Gasteiger partial charge in [-0.25, -0.2) is 4.98 Å². The lowest BCUT2D eigenvalue weighted by atomic mass is 9.98. The number of hydrogen-bond donors (Lipinski definition) is 0. The Balaban J connectivity index is 1.76. The van der Waals surface area contributed by atoms with Crippen molar-refractivity contribution in [2.45, 2.75) is 19.9 Å². The van der Waals surface area contributed by atoms with Crippen molar-refractivity contribution in [2.75, 3.05) is 18.1 Å². The summed E-state index contributed by atoms with van der Waals surface area (Å²) in [6, 6.07) is 11.7. The number of anilines is 1. The number of benzene rings is 2. The molecule has 8 heteroatoms. The van der Waals surface area contributed by atoms with Gasteiger partial charge in [-0.05, 0) is 43.7 Å². The molecule has 0 spiro atoms. The third-order valence-electron chi connectivity index (χ3n) is 5.29. The Labute approximate surface area is 187 Å². The van der Waals surface area contributed by atoms with Gasteiger partial charge < -0.3 is 13.9 Å². The van der Waals surface area contributed by atoms with E-state index in [1.807, 2.05) is 26.0 Å². The van der Waals surface area contributed by atoms with Crippen molar-refractivity contribution in [1.82, 2.24) is 4.98 Å². The first-order valence-corrected chi connectivity index (χ1v) is 11.2. The van der Waals surface area contributed by atoms with E-state index in [0.717, 1.165) is 0 Å². The number of ether oxygens (including phenoxy) is 2. The summed E-state index contributed by atoms with van der Waals surface area (Å²) in [6.45, 7) is 4.73. The van der Waals surface area contributed by atoms with Crippen molar-refractivity contribution >= 4 is 33.3 Å². The summed E-state index contributed by atoms with van der Waals surface area (Å²) in [7, 11) is 0. The van der Waals surface area contributed by atoms with Gasteiger partial charge in [-0.1, -0.05) is 18.2 Å². The summed E-state index contributed by atoms with van der Waals surface area (Å²) < 4.78 is 17.4. The van der Waals surface area contributed by atoms with Crippen LogP contribution < -0.4 is 19.8 Å². The van der Waals surface area contributed by atoms with E-state index in [2.05, 4.69) is 4.98 Å². The zero-order chi connectivity index (χ0) is 22.2. The Morgan fingerprint density at radius 1 is 1.06 bits per heavy atom. The molecule has 0 fully saturated rings. The molecule has 4 aromatic rings. The van der Waals surface area contributed by atoms with Crippen molar-refractivity contribution < 1.29 is 18.7 Å². The van der Waals surface area contributed by atoms with Crippen LogP contribution in [0.3, 0.4) is 0 Å². The zero-order valence-electron chi connectivity index (χ0n) is 17.5. The first-order chi connectivity index (χ1) is 15.6. The van der Waals surface area contributed by atoms with Gasteiger partial charge in [-0.2, -0.15) is 0 Å². The molecular formula is C24H20N2O5S. The minimum Gasteiger partial charge on any atom is -0.490 e. The molecule has 1 atom stereocenters. The summed E-state index contributed by atoms with van der Waals surface area (Å²) in [4.78, 5) is 32.8. The SMILES string of the molecule is CCOc1ccc([C@H]2c3c(oc4ccccc4c3=O)C(=O)N2c2nccs2)cc1OCC. The largest absolute Gasteiger partial charge is 0.490 e. The van der Waals surface area contributed by atoms with Gasteiger partial charge in [0.25, 0.3) is 5.91 Å². The van der Waals surface area contributed by atoms with E-state index < -0.39 is 11.9 Å². The first-order valence-electron chi connectivity index (χ1n) is 10.3. The zero-order valence-corrected chi connectivity index (χ0v) is 18.3. The van der Waals surface area contributed by atoms with Crippen molar-refractivity contribution in [3.05, 3.63) is 81.2 Å². The number of hydrogen-bond acceptors (Lipinski definition) is 7. The number of rotatable bonds is 6. The van der Waals surface area contributed by atoms with Crippen LogP contribution in [-0.4, -0.2) is 24.1 Å². The second-order valence-electron chi connectivity index (χ2n) is 7.13. The van der Waals surface area contributed by atoms with Crippen LogP contribution in [0.25, 0.3) is 11.0 Å².